The van der Waals surface area contributed by atoms with E-state index in [-0.39, 0.29) is 11.9 Å². The van der Waals surface area contributed by atoms with Crippen LogP contribution in [-0.4, -0.2) is 4.98 Å². The highest BCUT2D eigenvalue weighted by Gasteiger charge is 2.29. The summed E-state index contributed by atoms with van der Waals surface area (Å²) in [6.45, 7) is 0. The highest BCUT2D eigenvalue weighted by Crippen LogP contribution is 2.37. The number of halogens is 1. The fourth-order valence-electron chi connectivity index (χ4n) is 1.89. The molecule has 2 rings (SSSR count). The maximum absolute atomic E-state index is 13.4. The number of rotatable bonds is 3. The topological polar surface area (TPSA) is 50.9 Å². The average Bonchev–Trinajstić information content (AvgIpc) is 2.12. The highest BCUT2D eigenvalue weighted by molar-refractivity contribution is 5.18. The summed E-state index contributed by atoms with van der Waals surface area (Å²) in [7, 11) is 0. The third kappa shape index (κ3) is 1.63. The lowest BCUT2D eigenvalue weighted by atomic mass is 9.77. The molecule has 0 spiro atoms. The summed E-state index contributed by atoms with van der Waals surface area (Å²) in [4.78, 5) is 3.72. The fraction of sp³-hybridized carbons (Fsp3) is 0.500. The number of nitrogens with one attached hydrogen (secondary N) is 1. The summed E-state index contributed by atoms with van der Waals surface area (Å²) in [5.74, 6) is 5.64. The van der Waals surface area contributed by atoms with Crippen molar-refractivity contribution >= 4 is 0 Å². The van der Waals surface area contributed by atoms with Gasteiger partial charge in [-0.2, -0.15) is 0 Å². The lowest BCUT2D eigenvalue weighted by Gasteiger charge is -2.33. The van der Waals surface area contributed by atoms with Crippen LogP contribution in [0.2, 0.25) is 0 Å². The Bertz CT molecular complexity index is 312. The zero-order chi connectivity index (χ0) is 9.97. The number of nitrogens with zero attached hydrogens (tertiary/aromatic N) is 1. The van der Waals surface area contributed by atoms with E-state index in [2.05, 4.69) is 10.4 Å². The Labute approximate surface area is 82.5 Å². The molecule has 1 atom stereocenters. The molecule has 1 saturated carbocycles. The zero-order valence-electron chi connectivity index (χ0n) is 7.91. The van der Waals surface area contributed by atoms with Crippen LogP contribution in [-0.2, 0) is 0 Å². The third-order valence-electron chi connectivity index (χ3n) is 2.94. The number of pyridine rings is 1. The molecule has 1 fully saturated rings. The van der Waals surface area contributed by atoms with Gasteiger partial charge in [0.05, 0.1) is 12.2 Å². The minimum absolute atomic E-state index is 0.0632. The van der Waals surface area contributed by atoms with E-state index in [1.165, 1.54) is 12.6 Å². The molecule has 0 saturated heterocycles. The first kappa shape index (κ1) is 9.55. The second-order valence-electron chi connectivity index (χ2n) is 3.73. The molecule has 1 aromatic heterocycles. The van der Waals surface area contributed by atoms with Gasteiger partial charge in [0.2, 0.25) is 0 Å². The molecule has 0 aliphatic heterocycles. The van der Waals surface area contributed by atoms with Crippen molar-refractivity contribution in [2.45, 2.75) is 25.3 Å². The Morgan fingerprint density at radius 2 is 2.36 bits per heavy atom. The van der Waals surface area contributed by atoms with Gasteiger partial charge in [-0.3, -0.25) is 16.3 Å². The van der Waals surface area contributed by atoms with Gasteiger partial charge in [-0.25, -0.2) is 4.39 Å². The van der Waals surface area contributed by atoms with Gasteiger partial charge >= 0.3 is 0 Å². The number of hydrogen-bond acceptors (Lipinski definition) is 3. The third-order valence-corrected chi connectivity index (χ3v) is 2.94. The first-order valence-corrected chi connectivity index (χ1v) is 4.88. The maximum atomic E-state index is 13.4. The zero-order valence-corrected chi connectivity index (χ0v) is 7.91. The number of hydrazine groups is 1. The first-order valence-electron chi connectivity index (χ1n) is 4.88. The standard InChI is InChI=1S/C10H14FN3/c11-9-6-13-5-4-8(9)10(14-12)7-2-1-3-7/h4-7,10,14H,1-3,12H2. The fourth-order valence-corrected chi connectivity index (χ4v) is 1.89. The Morgan fingerprint density at radius 3 is 2.86 bits per heavy atom. The van der Waals surface area contributed by atoms with Gasteiger partial charge in [-0.1, -0.05) is 6.42 Å². The normalized spacial score (nSPS) is 19.0. The molecule has 1 aliphatic carbocycles. The number of aromatic nitrogens is 1. The van der Waals surface area contributed by atoms with E-state index in [9.17, 15) is 4.39 Å². The lowest BCUT2D eigenvalue weighted by molar-refractivity contribution is 0.228. The van der Waals surface area contributed by atoms with Crippen LogP contribution < -0.4 is 11.3 Å². The van der Waals surface area contributed by atoms with Gasteiger partial charge in [0.25, 0.3) is 0 Å². The molecule has 3 N–H and O–H groups in total. The van der Waals surface area contributed by atoms with Crippen LogP contribution in [0.3, 0.4) is 0 Å². The van der Waals surface area contributed by atoms with Crippen LogP contribution in [0, 0.1) is 11.7 Å². The Balaban J connectivity index is 2.22. The number of hydrogen-bond donors (Lipinski definition) is 2. The van der Waals surface area contributed by atoms with Crippen molar-refractivity contribution < 1.29 is 4.39 Å². The highest BCUT2D eigenvalue weighted by atomic mass is 19.1. The molecule has 0 bridgehead atoms. The smallest absolute Gasteiger partial charge is 0.146 e. The SMILES string of the molecule is NNC(c1ccncc1F)C1CCC1. The minimum Gasteiger partial charge on any atom is -0.271 e. The van der Waals surface area contributed by atoms with E-state index in [4.69, 9.17) is 5.84 Å². The molecule has 1 aromatic rings. The summed E-state index contributed by atoms with van der Waals surface area (Å²) < 4.78 is 13.4. The maximum Gasteiger partial charge on any atom is 0.146 e. The monoisotopic (exact) mass is 195 g/mol. The van der Waals surface area contributed by atoms with E-state index in [1.54, 1.807) is 12.3 Å². The minimum atomic E-state index is -0.276. The molecule has 1 unspecified atom stereocenters. The molecule has 0 radical (unpaired) electrons. The van der Waals surface area contributed by atoms with Gasteiger partial charge in [-0.05, 0) is 24.8 Å². The summed E-state index contributed by atoms with van der Waals surface area (Å²) in [6, 6.07) is 1.63. The predicted molar refractivity (Wildman–Crippen MR) is 51.6 cm³/mol. The average molecular weight is 195 g/mol. The van der Waals surface area contributed by atoms with Gasteiger partial charge < -0.3 is 0 Å². The van der Waals surface area contributed by atoms with Crippen LogP contribution >= 0.6 is 0 Å². The van der Waals surface area contributed by atoms with E-state index in [0.29, 0.717) is 11.5 Å². The van der Waals surface area contributed by atoms with Crippen LogP contribution in [0.1, 0.15) is 30.9 Å². The first-order chi connectivity index (χ1) is 6.83. The molecular formula is C10H14FN3. The molecule has 0 aromatic carbocycles. The van der Waals surface area contributed by atoms with E-state index >= 15 is 0 Å². The van der Waals surface area contributed by atoms with Crippen molar-refractivity contribution in [3.63, 3.8) is 0 Å². The molecule has 0 amide bonds. The van der Waals surface area contributed by atoms with Crippen LogP contribution in [0.4, 0.5) is 4.39 Å². The summed E-state index contributed by atoms with van der Waals surface area (Å²) in [6.07, 6.45) is 6.29. The van der Waals surface area contributed by atoms with Crippen LogP contribution in [0.5, 0.6) is 0 Å². The molecular weight excluding hydrogens is 181 g/mol. The van der Waals surface area contributed by atoms with E-state index in [1.807, 2.05) is 0 Å². The van der Waals surface area contributed by atoms with Gasteiger partial charge in [0, 0.05) is 11.8 Å². The van der Waals surface area contributed by atoms with Gasteiger partial charge in [-0.15, -0.1) is 0 Å². The molecule has 1 aliphatic rings. The van der Waals surface area contributed by atoms with E-state index < -0.39 is 0 Å². The van der Waals surface area contributed by atoms with Crippen molar-refractivity contribution in [3.05, 3.63) is 29.8 Å². The molecule has 3 nitrogen and oxygen atoms in total. The quantitative estimate of drug-likeness (QED) is 0.568. The second kappa shape index (κ2) is 4.02. The van der Waals surface area contributed by atoms with Crippen LogP contribution in [0.15, 0.2) is 18.5 Å². The summed E-state index contributed by atoms with van der Waals surface area (Å²) in [5, 5.41) is 0. The van der Waals surface area contributed by atoms with Gasteiger partial charge in [0.15, 0.2) is 0 Å². The summed E-state index contributed by atoms with van der Waals surface area (Å²) in [5.41, 5.74) is 3.32. The van der Waals surface area contributed by atoms with Crippen molar-refractivity contribution in [1.82, 2.24) is 10.4 Å². The van der Waals surface area contributed by atoms with E-state index in [0.717, 1.165) is 12.8 Å². The Morgan fingerprint density at radius 1 is 1.57 bits per heavy atom. The Kier molecular flexibility index (Phi) is 2.74. The van der Waals surface area contributed by atoms with Crippen molar-refractivity contribution in [2.75, 3.05) is 0 Å². The predicted octanol–water partition coefficient (Wildman–Crippen LogP) is 1.53. The largest absolute Gasteiger partial charge is 0.271 e. The molecule has 14 heavy (non-hydrogen) atoms. The van der Waals surface area contributed by atoms with Gasteiger partial charge in [0.1, 0.15) is 5.82 Å². The molecule has 76 valence electrons. The molecule has 1 heterocycles. The van der Waals surface area contributed by atoms with Crippen LogP contribution in [0.25, 0.3) is 0 Å². The van der Waals surface area contributed by atoms with Crippen molar-refractivity contribution in [1.29, 1.82) is 0 Å². The molecule has 4 heteroatoms. The lowest BCUT2D eigenvalue weighted by Crippen LogP contribution is -2.37. The van der Waals surface area contributed by atoms with Crippen molar-refractivity contribution in [2.24, 2.45) is 11.8 Å². The Hall–Kier alpha value is -1.00. The number of nitrogens with two attached hydrogens (primary N) is 1. The second-order valence-corrected chi connectivity index (χ2v) is 3.73. The van der Waals surface area contributed by atoms with Crippen molar-refractivity contribution in [3.8, 4) is 0 Å². The summed E-state index contributed by atoms with van der Waals surface area (Å²) >= 11 is 0.